The molecule has 2 aliphatic heterocycles. The Kier molecular flexibility index (Phi) is 9.61. The van der Waals surface area contributed by atoms with Gasteiger partial charge in [0.15, 0.2) is 0 Å². The van der Waals surface area contributed by atoms with Crippen LogP contribution in [0.4, 0.5) is 32.0 Å². The normalized spacial score (nSPS) is 18.8. The second-order valence-electron chi connectivity index (χ2n) is 11.6. The third-order valence-corrected chi connectivity index (χ3v) is 8.78. The summed E-state index contributed by atoms with van der Waals surface area (Å²) in [7, 11) is 3.31. The third kappa shape index (κ3) is 7.06. The molecule has 0 aliphatic carbocycles. The van der Waals surface area contributed by atoms with Crippen LogP contribution in [0.3, 0.4) is 0 Å². The van der Waals surface area contributed by atoms with E-state index in [1.165, 1.54) is 4.90 Å². The molecule has 43 heavy (non-hydrogen) atoms. The van der Waals surface area contributed by atoms with E-state index in [4.69, 9.17) is 11.6 Å². The number of hydrogen-bond donors (Lipinski definition) is 1. The number of aliphatic hydroxyl groups is 1. The molecule has 0 spiro atoms. The van der Waals surface area contributed by atoms with Gasteiger partial charge >= 0.3 is 12.4 Å². The summed E-state index contributed by atoms with van der Waals surface area (Å²) >= 11 is 6.37. The Bertz CT molecular complexity index is 1320. The first-order chi connectivity index (χ1) is 20.0. The van der Waals surface area contributed by atoms with Crippen LogP contribution < -0.4 is 4.90 Å². The van der Waals surface area contributed by atoms with Crippen molar-refractivity contribution in [3.63, 3.8) is 0 Å². The Balaban J connectivity index is 1.33. The average Bonchev–Trinajstić information content (AvgIpc) is 2.95. The highest BCUT2D eigenvalue weighted by atomic mass is 35.5. The molecule has 236 valence electrons. The smallest absolute Gasteiger partial charge is 0.371 e. The minimum absolute atomic E-state index is 0.0315. The van der Waals surface area contributed by atoms with Crippen molar-refractivity contribution in [2.45, 2.75) is 50.1 Å². The fraction of sp³-hybridized carbons (Fsp3) is 0.533. The lowest BCUT2D eigenvalue weighted by molar-refractivity contribution is -0.262. The summed E-state index contributed by atoms with van der Waals surface area (Å²) in [5, 5.41) is 11.0. The minimum atomic E-state index is -5.52. The lowest BCUT2D eigenvalue weighted by atomic mass is 9.82. The minimum Gasteiger partial charge on any atom is -0.371 e. The number of benzene rings is 2. The summed E-state index contributed by atoms with van der Waals surface area (Å²) in [6.07, 6.45) is -6.99. The summed E-state index contributed by atoms with van der Waals surface area (Å²) in [4.78, 5) is 29.9. The van der Waals surface area contributed by atoms with E-state index >= 15 is 0 Å². The van der Waals surface area contributed by atoms with E-state index in [9.17, 15) is 41.0 Å². The van der Waals surface area contributed by atoms with Crippen molar-refractivity contribution in [1.82, 2.24) is 9.80 Å². The standard InChI is InChI=1S/C30H34ClF6N3O3/c1-38(2)26(41)24-7-6-23(18-25(24)31)39-12-8-19(9-13-39)16-20-10-14-40(15-11-20)27(42)28(43,30(35,36)37)21-4-3-5-22(17-21)29(32,33)34/h3-7,17-20,43H,8-16H2,1-2H3/t28-/m0/s1. The first-order valence-electron chi connectivity index (χ1n) is 14.0. The number of carbonyl (C=O) groups excluding carboxylic acids is 2. The highest BCUT2D eigenvalue weighted by Crippen LogP contribution is 2.43. The lowest BCUT2D eigenvalue weighted by Gasteiger charge is -2.40. The van der Waals surface area contributed by atoms with Gasteiger partial charge in [0.2, 0.25) is 0 Å². The Morgan fingerprint density at radius 1 is 0.884 bits per heavy atom. The Morgan fingerprint density at radius 3 is 1.95 bits per heavy atom. The van der Waals surface area contributed by atoms with Crippen molar-refractivity contribution in [2.24, 2.45) is 11.8 Å². The van der Waals surface area contributed by atoms with Crippen LogP contribution in [0.5, 0.6) is 0 Å². The van der Waals surface area contributed by atoms with Crippen LogP contribution in [0.15, 0.2) is 42.5 Å². The average molecular weight is 634 g/mol. The quantitative estimate of drug-likeness (QED) is 0.377. The van der Waals surface area contributed by atoms with Crippen molar-refractivity contribution in [2.75, 3.05) is 45.2 Å². The van der Waals surface area contributed by atoms with E-state index in [0.29, 0.717) is 41.5 Å². The van der Waals surface area contributed by atoms with E-state index < -0.39 is 35.0 Å². The molecular formula is C30H34ClF6N3O3. The van der Waals surface area contributed by atoms with Gasteiger partial charge in [0, 0.05) is 51.5 Å². The molecule has 2 aromatic carbocycles. The van der Waals surface area contributed by atoms with E-state index in [1.807, 2.05) is 6.07 Å². The van der Waals surface area contributed by atoms with E-state index in [0.717, 1.165) is 49.0 Å². The number of rotatable bonds is 6. The number of hydrogen-bond acceptors (Lipinski definition) is 4. The molecule has 2 aliphatic rings. The first-order valence-corrected chi connectivity index (χ1v) is 14.4. The maximum atomic E-state index is 14.1. The van der Waals surface area contributed by atoms with Crippen LogP contribution in [-0.4, -0.2) is 73.2 Å². The highest BCUT2D eigenvalue weighted by Gasteiger charge is 2.62. The van der Waals surface area contributed by atoms with E-state index in [-0.39, 0.29) is 31.0 Å². The van der Waals surface area contributed by atoms with Crippen LogP contribution in [0, 0.1) is 11.8 Å². The molecular weight excluding hydrogens is 600 g/mol. The number of anilines is 1. The maximum Gasteiger partial charge on any atom is 0.430 e. The van der Waals surface area contributed by atoms with Gasteiger partial charge in [-0.05, 0) is 74.3 Å². The van der Waals surface area contributed by atoms with Gasteiger partial charge in [-0.25, -0.2) is 0 Å². The first kappa shape index (κ1) is 32.9. The molecule has 0 radical (unpaired) electrons. The lowest BCUT2D eigenvalue weighted by Crippen LogP contribution is -2.57. The Labute approximate surface area is 251 Å². The number of nitrogens with zero attached hydrogens (tertiary/aromatic N) is 3. The van der Waals surface area contributed by atoms with Gasteiger partial charge in [0.1, 0.15) is 0 Å². The number of piperidine rings is 2. The van der Waals surface area contributed by atoms with Crippen LogP contribution in [0.1, 0.15) is 53.6 Å². The molecule has 0 unspecified atom stereocenters. The van der Waals surface area contributed by atoms with Crippen LogP contribution >= 0.6 is 11.6 Å². The summed E-state index contributed by atoms with van der Waals surface area (Å²) in [6, 6.07) is 7.56. The molecule has 0 bridgehead atoms. The summed E-state index contributed by atoms with van der Waals surface area (Å²) in [5.41, 5.74) is -5.28. The van der Waals surface area contributed by atoms with Crippen molar-refractivity contribution in [3.05, 3.63) is 64.2 Å². The number of alkyl halides is 6. The van der Waals surface area contributed by atoms with Crippen molar-refractivity contribution in [3.8, 4) is 0 Å². The fourth-order valence-corrected chi connectivity index (χ4v) is 6.20. The van der Waals surface area contributed by atoms with Crippen molar-refractivity contribution in [1.29, 1.82) is 0 Å². The fourth-order valence-electron chi connectivity index (χ4n) is 5.94. The zero-order valence-corrected chi connectivity index (χ0v) is 24.6. The molecule has 4 rings (SSSR count). The van der Waals surface area contributed by atoms with Crippen LogP contribution in [-0.2, 0) is 16.6 Å². The monoisotopic (exact) mass is 633 g/mol. The molecule has 2 heterocycles. The number of carbonyl (C=O) groups is 2. The second kappa shape index (κ2) is 12.6. The summed E-state index contributed by atoms with van der Waals surface area (Å²) in [6.45, 7) is 1.48. The molecule has 2 fully saturated rings. The molecule has 2 amide bonds. The predicted molar refractivity (Wildman–Crippen MR) is 150 cm³/mol. The third-order valence-electron chi connectivity index (χ3n) is 8.46. The summed E-state index contributed by atoms with van der Waals surface area (Å²) < 4.78 is 81.7. The number of amides is 2. The van der Waals surface area contributed by atoms with Crippen molar-refractivity contribution >= 4 is 29.1 Å². The van der Waals surface area contributed by atoms with E-state index in [1.54, 1.807) is 26.2 Å². The van der Waals surface area contributed by atoms with Gasteiger partial charge in [0.05, 0.1) is 16.1 Å². The summed E-state index contributed by atoms with van der Waals surface area (Å²) in [5.74, 6) is -1.30. The molecule has 2 saturated heterocycles. The Morgan fingerprint density at radius 2 is 1.44 bits per heavy atom. The zero-order valence-electron chi connectivity index (χ0n) is 23.8. The molecule has 0 saturated carbocycles. The topological polar surface area (TPSA) is 64.1 Å². The van der Waals surface area contributed by atoms with Gasteiger partial charge in [-0.1, -0.05) is 23.7 Å². The molecule has 1 atom stereocenters. The van der Waals surface area contributed by atoms with Gasteiger partial charge < -0.3 is 19.8 Å². The van der Waals surface area contributed by atoms with Gasteiger partial charge in [0.25, 0.3) is 17.4 Å². The molecule has 13 heteroatoms. The van der Waals surface area contributed by atoms with Crippen molar-refractivity contribution < 1.29 is 41.0 Å². The van der Waals surface area contributed by atoms with Crippen LogP contribution in [0.25, 0.3) is 0 Å². The highest BCUT2D eigenvalue weighted by molar-refractivity contribution is 6.34. The Hall–Kier alpha value is -2.99. The molecule has 0 aromatic heterocycles. The molecule has 1 N–H and O–H groups in total. The van der Waals surface area contributed by atoms with Crippen LogP contribution in [0.2, 0.25) is 5.02 Å². The zero-order chi connectivity index (χ0) is 31.7. The number of halogens is 7. The van der Waals surface area contributed by atoms with Gasteiger partial charge in [-0.2, -0.15) is 26.3 Å². The van der Waals surface area contributed by atoms with Gasteiger partial charge in [-0.3, -0.25) is 9.59 Å². The van der Waals surface area contributed by atoms with Gasteiger partial charge in [-0.15, -0.1) is 0 Å². The number of likely N-dealkylation sites (tertiary alicyclic amines) is 1. The molecule has 2 aromatic rings. The maximum absolute atomic E-state index is 14.1. The SMILES string of the molecule is CN(C)C(=O)c1ccc(N2CCC(CC3CCN(C(=O)[C@@](O)(c4cccc(C(F)(F)F)c4)C(F)(F)F)CC3)CC2)cc1Cl. The van der Waals surface area contributed by atoms with E-state index in [2.05, 4.69) is 4.90 Å². The largest absolute Gasteiger partial charge is 0.430 e. The predicted octanol–water partition coefficient (Wildman–Crippen LogP) is 6.36. The second-order valence-corrected chi connectivity index (χ2v) is 12.0. The molecule has 6 nitrogen and oxygen atoms in total.